The Morgan fingerprint density at radius 3 is 1.60 bits per heavy atom. The first kappa shape index (κ1) is 48.4. The van der Waals surface area contributed by atoms with Gasteiger partial charge in [0.1, 0.15) is 12.2 Å². The van der Waals surface area contributed by atoms with Gasteiger partial charge in [-0.1, -0.05) is 133 Å². The summed E-state index contributed by atoms with van der Waals surface area (Å²) in [5, 5.41) is 18.3. The van der Waals surface area contributed by atoms with Crippen LogP contribution in [0, 0.1) is 0 Å². The van der Waals surface area contributed by atoms with Crippen molar-refractivity contribution in [1.82, 2.24) is 0 Å². The van der Waals surface area contributed by atoms with E-state index in [1.54, 1.807) is 0 Å². The SMILES string of the molecule is CCCC/C=C\C/C=C\CCCCCCCCOCC(COP(=O)(O)OCC(O)CO)OC(=O)CCCCCCC/C=C\C/C=C\CCCC. The zero-order valence-electron chi connectivity index (χ0n) is 31.6. The lowest BCUT2D eigenvalue weighted by molar-refractivity contribution is -0.154. The van der Waals surface area contributed by atoms with Crippen LogP contribution in [-0.2, 0) is 27.9 Å². The van der Waals surface area contributed by atoms with Gasteiger partial charge < -0.3 is 24.6 Å². The number of hydrogen-bond donors (Lipinski definition) is 3. The quantitative estimate of drug-likeness (QED) is 0.0247. The van der Waals surface area contributed by atoms with E-state index >= 15 is 0 Å². The van der Waals surface area contributed by atoms with Crippen molar-refractivity contribution >= 4 is 13.8 Å². The van der Waals surface area contributed by atoms with Crippen LogP contribution < -0.4 is 0 Å². The number of unbranched alkanes of at least 4 members (excludes halogenated alkanes) is 15. The Morgan fingerprint density at radius 1 is 0.620 bits per heavy atom. The average molecular weight is 729 g/mol. The number of ether oxygens (including phenoxy) is 2. The minimum absolute atomic E-state index is 0.0349. The number of hydrogen-bond acceptors (Lipinski definition) is 8. The molecule has 0 aromatic rings. The second kappa shape index (κ2) is 37.2. The zero-order chi connectivity index (χ0) is 36.8. The summed E-state index contributed by atoms with van der Waals surface area (Å²) in [5.74, 6) is -0.403. The molecule has 9 nitrogen and oxygen atoms in total. The first-order chi connectivity index (χ1) is 24.3. The third kappa shape index (κ3) is 36.2. The van der Waals surface area contributed by atoms with E-state index in [1.165, 1.54) is 51.4 Å². The molecule has 0 amide bonds. The minimum atomic E-state index is -4.52. The number of carbonyl (C=O) groups is 1. The summed E-state index contributed by atoms with van der Waals surface area (Å²) in [5.41, 5.74) is 0. The van der Waals surface area contributed by atoms with Gasteiger partial charge in [0.05, 0.1) is 26.4 Å². The standard InChI is InChI=1S/C40H73O9P/c1-3-5-7-9-11-13-15-17-19-21-23-25-27-29-31-33-46-36-39(37-48-50(44,45)47-35-38(42)34-41)49-40(43)32-30-28-26-24-22-20-18-16-14-12-10-8-6-4-2/h9-12,15-18,38-39,41-42H,3-8,13-14,19-37H2,1-2H3,(H,44,45)/b11-9-,12-10-,17-15-,18-16-. The Bertz CT molecular complexity index is 919. The summed E-state index contributed by atoms with van der Waals surface area (Å²) >= 11 is 0. The van der Waals surface area contributed by atoms with Crippen molar-refractivity contribution in [3.63, 3.8) is 0 Å². The van der Waals surface area contributed by atoms with Crippen molar-refractivity contribution in [2.75, 3.05) is 33.0 Å². The first-order valence-electron chi connectivity index (χ1n) is 19.6. The van der Waals surface area contributed by atoms with Crippen LogP contribution in [0.4, 0.5) is 0 Å². The highest BCUT2D eigenvalue weighted by molar-refractivity contribution is 7.47. The third-order valence-electron chi connectivity index (χ3n) is 7.99. The Kier molecular flexibility index (Phi) is 36.0. The second-order valence-corrected chi connectivity index (χ2v) is 14.4. The maximum absolute atomic E-state index is 12.6. The van der Waals surface area contributed by atoms with Gasteiger partial charge >= 0.3 is 13.8 Å². The van der Waals surface area contributed by atoms with E-state index in [2.05, 4.69) is 62.5 Å². The molecular formula is C40H73O9P. The molecule has 0 spiro atoms. The van der Waals surface area contributed by atoms with E-state index < -0.39 is 39.2 Å². The van der Waals surface area contributed by atoms with Crippen LogP contribution in [0.5, 0.6) is 0 Å². The molecule has 0 aliphatic carbocycles. The molecule has 3 N–H and O–H groups in total. The van der Waals surface area contributed by atoms with Gasteiger partial charge in [-0.25, -0.2) is 4.57 Å². The fourth-order valence-electron chi connectivity index (χ4n) is 4.92. The van der Waals surface area contributed by atoms with Gasteiger partial charge in [-0.05, 0) is 64.2 Å². The predicted octanol–water partition coefficient (Wildman–Crippen LogP) is 10.2. The molecule has 0 aromatic carbocycles. The summed E-state index contributed by atoms with van der Waals surface area (Å²) in [4.78, 5) is 22.5. The summed E-state index contributed by atoms with van der Waals surface area (Å²) < 4.78 is 33.2. The largest absolute Gasteiger partial charge is 0.472 e. The van der Waals surface area contributed by atoms with E-state index in [9.17, 15) is 19.4 Å². The third-order valence-corrected chi connectivity index (χ3v) is 8.94. The first-order valence-corrected chi connectivity index (χ1v) is 21.1. The fraction of sp³-hybridized carbons (Fsp3) is 0.775. The van der Waals surface area contributed by atoms with Gasteiger partial charge in [-0.15, -0.1) is 0 Å². The van der Waals surface area contributed by atoms with Gasteiger partial charge in [0.25, 0.3) is 0 Å². The number of aliphatic hydroxyl groups is 2. The average Bonchev–Trinajstić information content (AvgIpc) is 3.10. The van der Waals surface area contributed by atoms with Crippen LogP contribution in [0.25, 0.3) is 0 Å². The number of rotatable bonds is 37. The van der Waals surface area contributed by atoms with Crippen molar-refractivity contribution in [1.29, 1.82) is 0 Å². The Balaban J connectivity index is 4.27. The summed E-state index contributed by atoms with van der Waals surface area (Å²) in [6, 6.07) is 0. The van der Waals surface area contributed by atoms with Crippen LogP contribution in [0.1, 0.15) is 155 Å². The van der Waals surface area contributed by atoms with Crippen LogP contribution in [0.3, 0.4) is 0 Å². The van der Waals surface area contributed by atoms with Gasteiger partial charge in [0.15, 0.2) is 0 Å². The van der Waals surface area contributed by atoms with E-state index in [1.807, 2.05) is 0 Å². The highest BCUT2D eigenvalue weighted by Crippen LogP contribution is 2.43. The molecule has 0 fully saturated rings. The van der Waals surface area contributed by atoms with E-state index in [4.69, 9.17) is 23.6 Å². The Hall–Kier alpha value is -1.58. The van der Waals surface area contributed by atoms with Crippen molar-refractivity contribution in [2.24, 2.45) is 0 Å². The number of aliphatic hydroxyl groups excluding tert-OH is 2. The summed E-state index contributed by atoms with van der Waals surface area (Å²) in [6.45, 7) is 3.38. The maximum Gasteiger partial charge on any atom is 0.472 e. The monoisotopic (exact) mass is 728 g/mol. The fourth-order valence-corrected chi connectivity index (χ4v) is 5.71. The van der Waals surface area contributed by atoms with Crippen LogP contribution in [-0.4, -0.2) is 66.3 Å². The van der Waals surface area contributed by atoms with Crippen molar-refractivity contribution < 1.29 is 43.0 Å². The highest BCUT2D eigenvalue weighted by Gasteiger charge is 2.26. The number of allylic oxidation sites excluding steroid dienone is 8. The van der Waals surface area contributed by atoms with Crippen molar-refractivity contribution in [2.45, 2.75) is 167 Å². The lowest BCUT2D eigenvalue weighted by Crippen LogP contribution is -2.29. The predicted molar refractivity (Wildman–Crippen MR) is 205 cm³/mol. The number of phosphoric acid groups is 1. The topological polar surface area (TPSA) is 132 Å². The van der Waals surface area contributed by atoms with Gasteiger partial charge in [-0.3, -0.25) is 13.8 Å². The maximum atomic E-state index is 12.6. The molecule has 0 rings (SSSR count). The lowest BCUT2D eigenvalue weighted by Gasteiger charge is -2.20. The molecule has 0 aromatic heterocycles. The van der Waals surface area contributed by atoms with Crippen molar-refractivity contribution in [3.05, 3.63) is 48.6 Å². The van der Waals surface area contributed by atoms with Crippen LogP contribution >= 0.6 is 7.82 Å². The normalized spacial score (nSPS) is 14.7. The molecular weight excluding hydrogens is 655 g/mol. The number of phosphoric ester groups is 1. The molecule has 0 heterocycles. The van der Waals surface area contributed by atoms with Crippen molar-refractivity contribution in [3.8, 4) is 0 Å². The van der Waals surface area contributed by atoms with Crippen LogP contribution in [0.2, 0.25) is 0 Å². The molecule has 0 saturated carbocycles. The smallest absolute Gasteiger partial charge is 0.457 e. The molecule has 0 saturated heterocycles. The van der Waals surface area contributed by atoms with Crippen LogP contribution in [0.15, 0.2) is 48.6 Å². The molecule has 0 aliphatic rings. The van der Waals surface area contributed by atoms with Gasteiger partial charge in [0.2, 0.25) is 0 Å². The second-order valence-electron chi connectivity index (χ2n) is 12.9. The van der Waals surface area contributed by atoms with Gasteiger partial charge in [-0.2, -0.15) is 0 Å². The molecule has 10 heteroatoms. The lowest BCUT2D eigenvalue weighted by atomic mass is 10.1. The number of carbonyl (C=O) groups excluding carboxylic acids is 1. The molecule has 0 bridgehead atoms. The molecule has 3 atom stereocenters. The zero-order valence-corrected chi connectivity index (χ0v) is 32.5. The van der Waals surface area contributed by atoms with E-state index in [-0.39, 0.29) is 19.6 Å². The van der Waals surface area contributed by atoms with E-state index in [0.29, 0.717) is 13.0 Å². The number of esters is 1. The molecule has 50 heavy (non-hydrogen) atoms. The summed E-state index contributed by atoms with van der Waals surface area (Å²) in [7, 11) is -4.52. The van der Waals surface area contributed by atoms with Gasteiger partial charge in [0, 0.05) is 13.0 Å². The molecule has 292 valence electrons. The Morgan fingerprint density at radius 2 is 1.08 bits per heavy atom. The molecule has 3 unspecified atom stereocenters. The minimum Gasteiger partial charge on any atom is -0.457 e. The van der Waals surface area contributed by atoms with E-state index in [0.717, 1.165) is 77.0 Å². The Labute approximate surface area is 305 Å². The molecule has 0 aliphatic heterocycles. The summed E-state index contributed by atoms with van der Waals surface area (Å²) in [6.07, 6.45) is 39.2. The molecule has 0 radical (unpaired) electrons. The highest BCUT2D eigenvalue weighted by atomic mass is 31.2.